The van der Waals surface area contributed by atoms with Crippen molar-refractivity contribution in [2.75, 3.05) is 0 Å². The molecular weight excluding hydrogens is 281 g/mol. The molecule has 0 aliphatic heterocycles. The van der Waals surface area contributed by atoms with Gasteiger partial charge < -0.3 is 5.11 Å². The number of rotatable bonds is 3. The van der Waals surface area contributed by atoms with E-state index in [9.17, 15) is 9.50 Å². The summed E-state index contributed by atoms with van der Waals surface area (Å²) in [5.74, 6) is 0.472. The zero-order valence-electron chi connectivity index (χ0n) is 10.3. The number of thioether (sulfide) groups is 1. The van der Waals surface area contributed by atoms with E-state index in [4.69, 9.17) is 0 Å². The number of aliphatic hydroxyl groups is 1. The molecular formula is C14H14FNOS2. The highest BCUT2D eigenvalue weighted by Gasteiger charge is 2.22. The summed E-state index contributed by atoms with van der Waals surface area (Å²) >= 11 is 3.02. The van der Waals surface area contributed by atoms with Crippen molar-refractivity contribution in [3.8, 4) is 0 Å². The SMILES string of the molecule is OC1CCCc2nc(CSc3ccccc3F)sc21. The summed E-state index contributed by atoms with van der Waals surface area (Å²) in [5.41, 5.74) is 1.04. The number of hydrogen-bond donors (Lipinski definition) is 1. The lowest BCUT2D eigenvalue weighted by molar-refractivity contribution is 0.160. The van der Waals surface area contributed by atoms with Gasteiger partial charge in [0.25, 0.3) is 0 Å². The van der Waals surface area contributed by atoms with Gasteiger partial charge in [-0.3, -0.25) is 0 Å². The second-order valence-corrected chi connectivity index (χ2v) is 6.68. The largest absolute Gasteiger partial charge is 0.388 e. The molecule has 100 valence electrons. The predicted molar refractivity (Wildman–Crippen MR) is 76.0 cm³/mol. The number of aliphatic hydroxyl groups excluding tert-OH is 1. The molecule has 1 aromatic carbocycles. The first kappa shape index (κ1) is 13.1. The van der Waals surface area contributed by atoms with E-state index in [1.807, 2.05) is 6.07 Å². The molecule has 19 heavy (non-hydrogen) atoms. The molecule has 1 unspecified atom stereocenters. The van der Waals surface area contributed by atoms with Gasteiger partial charge in [-0.15, -0.1) is 23.1 Å². The first-order valence-corrected chi connectivity index (χ1v) is 8.08. The Labute approximate surface area is 119 Å². The molecule has 1 aliphatic carbocycles. The van der Waals surface area contributed by atoms with Crippen LogP contribution in [0.25, 0.3) is 0 Å². The first-order valence-electron chi connectivity index (χ1n) is 6.28. The lowest BCUT2D eigenvalue weighted by atomic mass is 10.0. The Balaban J connectivity index is 1.73. The maximum absolute atomic E-state index is 13.5. The molecule has 1 heterocycles. The number of thiazole rings is 1. The van der Waals surface area contributed by atoms with Crippen LogP contribution in [0.4, 0.5) is 4.39 Å². The summed E-state index contributed by atoms with van der Waals surface area (Å²) in [6, 6.07) is 6.78. The van der Waals surface area contributed by atoms with Crippen LogP contribution in [0.3, 0.4) is 0 Å². The monoisotopic (exact) mass is 295 g/mol. The normalized spacial score (nSPS) is 18.3. The van der Waals surface area contributed by atoms with Gasteiger partial charge in [-0.25, -0.2) is 9.37 Å². The Morgan fingerprint density at radius 2 is 2.26 bits per heavy atom. The number of fused-ring (bicyclic) bond motifs is 1. The average molecular weight is 295 g/mol. The number of hydrogen-bond acceptors (Lipinski definition) is 4. The van der Waals surface area contributed by atoms with Crippen molar-refractivity contribution in [1.29, 1.82) is 0 Å². The molecule has 0 bridgehead atoms. The minimum atomic E-state index is -0.353. The molecule has 2 nitrogen and oxygen atoms in total. The van der Waals surface area contributed by atoms with E-state index in [0.717, 1.165) is 34.8 Å². The van der Waals surface area contributed by atoms with Crippen LogP contribution in [-0.2, 0) is 12.2 Å². The lowest BCUT2D eigenvalue weighted by Gasteiger charge is -2.14. The first-order chi connectivity index (χ1) is 9.24. The van der Waals surface area contributed by atoms with E-state index < -0.39 is 0 Å². The minimum absolute atomic E-state index is 0.186. The molecule has 0 fully saturated rings. The van der Waals surface area contributed by atoms with Gasteiger partial charge >= 0.3 is 0 Å². The zero-order chi connectivity index (χ0) is 13.2. The van der Waals surface area contributed by atoms with Gasteiger partial charge in [-0.1, -0.05) is 12.1 Å². The highest BCUT2D eigenvalue weighted by atomic mass is 32.2. The third-order valence-corrected chi connectivity index (χ3v) is 5.59. The van der Waals surface area contributed by atoms with Crippen LogP contribution in [0.15, 0.2) is 29.2 Å². The van der Waals surface area contributed by atoms with E-state index in [2.05, 4.69) is 4.98 Å². The van der Waals surface area contributed by atoms with Gasteiger partial charge in [0.05, 0.1) is 22.4 Å². The van der Waals surface area contributed by atoms with E-state index >= 15 is 0 Å². The van der Waals surface area contributed by atoms with Crippen LogP contribution < -0.4 is 0 Å². The smallest absolute Gasteiger partial charge is 0.136 e. The molecule has 0 amide bonds. The van der Waals surface area contributed by atoms with E-state index in [0.29, 0.717) is 10.6 Å². The third kappa shape index (κ3) is 2.83. The molecule has 0 radical (unpaired) electrons. The Morgan fingerprint density at radius 1 is 1.42 bits per heavy atom. The van der Waals surface area contributed by atoms with Crippen LogP contribution in [0.2, 0.25) is 0 Å². The van der Waals surface area contributed by atoms with Crippen molar-refractivity contribution in [1.82, 2.24) is 4.98 Å². The second-order valence-electron chi connectivity index (χ2n) is 4.55. The zero-order valence-corrected chi connectivity index (χ0v) is 11.9. The van der Waals surface area contributed by atoms with Crippen molar-refractivity contribution in [2.24, 2.45) is 0 Å². The van der Waals surface area contributed by atoms with Crippen LogP contribution in [0.1, 0.15) is 34.5 Å². The number of nitrogens with zero attached hydrogens (tertiary/aromatic N) is 1. The quantitative estimate of drug-likeness (QED) is 0.871. The summed E-state index contributed by atoms with van der Waals surface area (Å²) in [4.78, 5) is 6.22. The van der Waals surface area contributed by atoms with Crippen molar-refractivity contribution in [3.63, 3.8) is 0 Å². The average Bonchev–Trinajstić information content (AvgIpc) is 2.82. The van der Waals surface area contributed by atoms with Crippen LogP contribution in [-0.4, -0.2) is 10.1 Å². The van der Waals surface area contributed by atoms with E-state index in [-0.39, 0.29) is 11.9 Å². The van der Waals surface area contributed by atoms with Crippen molar-refractivity contribution >= 4 is 23.1 Å². The Bertz CT molecular complexity index is 585. The second kappa shape index (κ2) is 5.61. The predicted octanol–water partition coefficient (Wildman–Crippen LogP) is 3.94. The van der Waals surface area contributed by atoms with Gasteiger partial charge in [-0.05, 0) is 31.4 Å². The van der Waals surface area contributed by atoms with Gasteiger partial charge in [0, 0.05) is 4.90 Å². The number of benzene rings is 1. The molecule has 1 aliphatic rings. The maximum Gasteiger partial charge on any atom is 0.136 e. The van der Waals surface area contributed by atoms with Crippen LogP contribution in [0, 0.1) is 5.82 Å². The number of halogens is 1. The molecule has 0 saturated heterocycles. The summed E-state index contributed by atoms with van der Waals surface area (Å²) < 4.78 is 13.5. The lowest BCUT2D eigenvalue weighted by Crippen LogP contribution is -2.06. The Morgan fingerprint density at radius 3 is 3.05 bits per heavy atom. The van der Waals surface area contributed by atoms with Crippen LogP contribution in [0.5, 0.6) is 0 Å². The summed E-state index contributed by atoms with van der Waals surface area (Å²) in [7, 11) is 0. The molecule has 0 spiro atoms. The standard InChI is InChI=1S/C14H14FNOS2/c15-9-4-1-2-7-12(9)18-8-13-16-10-5-3-6-11(17)14(10)19-13/h1-2,4,7,11,17H,3,5-6,8H2. The van der Waals surface area contributed by atoms with Crippen molar-refractivity contribution < 1.29 is 9.50 Å². The fraction of sp³-hybridized carbons (Fsp3) is 0.357. The topological polar surface area (TPSA) is 33.1 Å². The highest BCUT2D eigenvalue weighted by Crippen LogP contribution is 2.36. The Kier molecular flexibility index (Phi) is 3.86. The molecule has 5 heteroatoms. The molecule has 1 N–H and O–H groups in total. The van der Waals surface area contributed by atoms with Crippen LogP contribution >= 0.6 is 23.1 Å². The third-order valence-electron chi connectivity index (χ3n) is 3.15. The minimum Gasteiger partial charge on any atom is -0.388 e. The fourth-order valence-corrected chi connectivity index (χ4v) is 4.28. The fourth-order valence-electron chi connectivity index (χ4n) is 2.21. The maximum atomic E-state index is 13.5. The molecule has 3 rings (SSSR count). The number of aryl methyl sites for hydroxylation is 1. The Hall–Kier alpha value is -0.910. The summed E-state index contributed by atoms with van der Waals surface area (Å²) in [5, 5.41) is 10.9. The van der Waals surface area contributed by atoms with E-state index in [1.165, 1.54) is 17.8 Å². The molecule has 2 aromatic rings. The van der Waals surface area contributed by atoms with Gasteiger partial charge in [0.1, 0.15) is 10.8 Å². The van der Waals surface area contributed by atoms with Gasteiger partial charge in [0.15, 0.2) is 0 Å². The summed E-state index contributed by atoms with van der Waals surface area (Å²) in [6.45, 7) is 0. The molecule has 1 atom stereocenters. The van der Waals surface area contributed by atoms with Crippen molar-refractivity contribution in [2.45, 2.75) is 36.0 Å². The van der Waals surface area contributed by atoms with Gasteiger partial charge in [-0.2, -0.15) is 0 Å². The number of aromatic nitrogens is 1. The highest BCUT2D eigenvalue weighted by molar-refractivity contribution is 7.98. The summed E-state index contributed by atoms with van der Waals surface area (Å²) in [6.07, 6.45) is 2.42. The van der Waals surface area contributed by atoms with Gasteiger partial charge in [0.2, 0.25) is 0 Å². The van der Waals surface area contributed by atoms with E-state index in [1.54, 1.807) is 23.5 Å². The molecule has 0 saturated carbocycles. The molecule has 1 aromatic heterocycles. The van der Waals surface area contributed by atoms with Crippen molar-refractivity contribution in [3.05, 3.63) is 45.7 Å².